The van der Waals surface area contributed by atoms with Crippen molar-refractivity contribution in [3.63, 3.8) is 0 Å². The number of rotatable bonds is 7. The summed E-state index contributed by atoms with van der Waals surface area (Å²) in [5, 5.41) is 8.99. The Hall–Kier alpha value is -1.02. The lowest BCUT2D eigenvalue weighted by Crippen LogP contribution is -2.28. The first-order chi connectivity index (χ1) is 8.92. The zero-order valence-electron chi connectivity index (χ0n) is 10.9. The maximum Gasteiger partial charge on any atom is 0.241 e. The lowest BCUT2D eigenvalue weighted by atomic mass is 10.1. The Bertz CT molecular complexity index is 531. The van der Waals surface area contributed by atoms with E-state index in [2.05, 4.69) is 4.72 Å². The predicted octanol–water partition coefficient (Wildman–Crippen LogP) is 0.941. The molecule has 0 spiro atoms. The Labute approximate surface area is 112 Å². The minimum atomic E-state index is -3.81. The number of ether oxygens (including phenoxy) is 1. The van der Waals surface area contributed by atoms with Gasteiger partial charge in [-0.25, -0.2) is 17.5 Å². The predicted molar refractivity (Wildman–Crippen MR) is 68.7 cm³/mol. The lowest BCUT2D eigenvalue weighted by Gasteiger charge is -2.11. The number of sulfonamides is 1. The number of nitrogens with one attached hydrogen (secondary N) is 1. The van der Waals surface area contributed by atoms with Gasteiger partial charge in [0, 0.05) is 18.7 Å². The Morgan fingerprint density at radius 2 is 2.11 bits per heavy atom. The number of hydrogen-bond donors (Lipinski definition) is 2. The van der Waals surface area contributed by atoms with Gasteiger partial charge in [-0.3, -0.25) is 0 Å². The lowest BCUT2D eigenvalue weighted by molar-refractivity contribution is 0.153. The summed E-state index contributed by atoms with van der Waals surface area (Å²) in [7, 11) is -3.81. The second-order valence-electron chi connectivity index (χ2n) is 3.95. The number of benzene rings is 1. The van der Waals surface area contributed by atoms with Crippen LogP contribution in [0.4, 0.5) is 4.39 Å². The molecule has 0 heterocycles. The number of aliphatic hydroxyl groups excluding tert-OH is 1. The van der Waals surface area contributed by atoms with Gasteiger partial charge in [-0.05, 0) is 31.5 Å². The van der Waals surface area contributed by atoms with Crippen LogP contribution >= 0.6 is 0 Å². The number of halogens is 1. The normalized spacial score (nSPS) is 11.8. The highest BCUT2D eigenvalue weighted by atomic mass is 32.2. The Morgan fingerprint density at radius 3 is 2.68 bits per heavy atom. The first-order valence-electron chi connectivity index (χ1n) is 5.89. The summed E-state index contributed by atoms with van der Waals surface area (Å²) in [6, 6.07) is 2.38. The van der Waals surface area contributed by atoms with Crippen LogP contribution < -0.4 is 4.72 Å². The summed E-state index contributed by atoms with van der Waals surface area (Å²) >= 11 is 0. The molecule has 1 aromatic carbocycles. The first kappa shape index (κ1) is 16.0. The third-order valence-corrected chi connectivity index (χ3v) is 4.16. The van der Waals surface area contributed by atoms with Crippen LogP contribution in [-0.2, 0) is 21.4 Å². The third-order valence-electron chi connectivity index (χ3n) is 2.57. The van der Waals surface area contributed by atoms with Crippen molar-refractivity contribution in [3.05, 3.63) is 29.1 Å². The van der Waals surface area contributed by atoms with Gasteiger partial charge in [-0.2, -0.15) is 0 Å². The molecule has 0 aliphatic carbocycles. The SMILES string of the molecule is CCOCCNS(=O)(=O)c1cc(CO)cc(F)c1C. The van der Waals surface area contributed by atoms with E-state index in [0.717, 1.165) is 6.07 Å². The van der Waals surface area contributed by atoms with Gasteiger partial charge in [-0.15, -0.1) is 0 Å². The first-order valence-corrected chi connectivity index (χ1v) is 7.38. The Balaban J connectivity index is 2.97. The third kappa shape index (κ3) is 4.24. The molecule has 1 aromatic rings. The van der Waals surface area contributed by atoms with E-state index in [4.69, 9.17) is 9.84 Å². The van der Waals surface area contributed by atoms with Crippen LogP contribution in [0.1, 0.15) is 18.1 Å². The standard InChI is InChI=1S/C12H18FNO4S/c1-3-18-5-4-14-19(16,17)12-7-10(8-15)6-11(13)9(12)2/h6-7,14-15H,3-5,8H2,1-2H3. The van der Waals surface area contributed by atoms with Crippen molar-refractivity contribution >= 4 is 10.0 Å². The van der Waals surface area contributed by atoms with Gasteiger partial charge in [0.1, 0.15) is 5.82 Å². The molecule has 0 radical (unpaired) electrons. The van der Waals surface area contributed by atoms with E-state index in [1.807, 2.05) is 0 Å². The fourth-order valence-corrected chi connectivity index (χ4v) is 2.86. The van der Waals surface area contributed by atoms with Crippen molar-refractivity contribution in [3.8, 4) is 0 Å². The highest BCUT2D eigenvalue weighted by Gasteiger charge is 2.19. The summed E-state index contributed by atoms with van der Waals surface area (Å²) in [6.45, 7) is 3.62. The molecule has 0 amide bonds. The smallest absolute Gasteiger partial charge is 0.241 e. The molecule has 19 heavy (non-hydrogen) atoms. The topological polar surface area (TPSA) is 75.6 Å². The summed E-state index contributed by atoms with van der Waals surface area (Å²) in [5.74, 6) is -0.656. The van der Waals surface area contributed by atoms with Crippen molar-refractivity contribution in [1.82, 2.24) is 4.72 Å². The second-order valence-corrected chi connectivity index (χ2v) is 5.69. The maximum atomic E-state index is 13.6. The fourth-order valence-electron chi connectivity index (χ4n) is 1.55. The minimum absolute atomic E-state index is 0.0288. The van der Waals surface area contributed by atoms with Crippen LogP contribution in [0.25, 0.3) is 0 Å². The van der Waals surface area contributed by atoms with Crippen LogP contribution in [0.2, 0.25) is 0 Å². The van der Waals surface area contributed by atoms with E-state index in [1.54, 1.807) is 6.92 Å². The van der Waals surface area contributed by atoms with E-state index < -0.39 is 22.4 Å². The van der Waals surface area contributed by atoms with E-state index in [0.29, 0.717) is 6.61 Å². The van der Waals surface area contributed by atoms with Crippen molar-refractivity contribution in [1.29, 1.82) is 0 Å². The van der Waals surface area contributed by atoms with E-state index in [9.17, 15) is 12.8 Å². The molecule has 0 aromatic heterocycles. The minimum Gasteiger partial charge on any atom is -0.392 e. The van der Waals surface area contributed by atoms with Crippen molar-refractivity contribution in [2.24, 2.45) is 0 Å². The molecule has 0 bridgehead atoms. The van der Waals surface area contributed by atoms with Gasteiger partial charge in [0.25, 0.3) is 0 Å². The molecule has 0 aliphatic heterocycles. The molecular formula is C12H18FNO4S. The summed E-state index contributed by atoms with van der Waals surface area (Å²) in [4.78, 5) is -0.159. The zero-order chi connectivity index (χ0) is 14.5. The fraction of sp³-hybridized carbons (Fsp3) is 0.500. The number of hydrogen-bond acceptors (Lipinski definition) is 4. The highest BCUT2D eigenvalue weighted by Crippen LogP contribution is 2.20. The Morgan fingerprint density at radius 1 is 1.42 bits per heavy atom. The highest BCUT2D eigenvalue weighted by molar-refractivity contribution is 7.89. The van der Waals surface area contributed by atoms with Crippen molar-refractivity contribution in [2.45, 2.75) is 25.3 Å². The summed E-state index contributed by atoms with van der Waals surface area (Å²) < 4.78 is 45.0. The van der Waals surface area contributed by atoms with E-state index in [1.165, 1.54) is 13.0 Å². The van der Waals surface area contributed by atoms with Crippen LogP contribution in [0.5, 0.6) is 0 Å². The molecule has 7 heteroatoms. The van der Waals surface area contributed by atoms with Gasteiger partial charge in [0.2, 0.25) is 10.0 Å². The monoisotopic (exact) mass is 291 g/mol. The van der Waals surface area contributed by atoms with Crippen molar-refractivity contribution in [2.75, 3.05) is 19.8 Å². The molecule has 0 unspecified atom stereocenters. The molecule has 108 valence electrons. The zero-order valence-corrected chi connectivity index (χ0v) is 11.8. The second kappa shape index (κ2) is 6.95. The van der Waals surface area contributed by atoms with Gasteiger partial charge >= 0.3 is 0 Å². The van der Waals surface area contributed by atoms with Crippen LogP contribution in [0.15, 0.2) is 17.0 Å². The van der Waals surface area contributed by atoms with Crippen LogP contribution in [-0.4, -0.2) is 33.3 Å². The van der Waals surface area contributed by atoms with E-state index >= 15 is 0 Å². The average molecular weight is 291 g/mol. The largest absolute Gasteiger partial charge is 0.392 e. The molecule has 0 aliphatic rings. The van der Waals surface area contributed by atoms with Crippen LogP contribution in [0.3, 0.4) is 0 Å². The van der Waals surface area contributed by atoms with Gasteiger partial charge in [0.15, 0.2) is 0 Å². The van der Waals surface area contributed by atoms with Crippen LogP contribution in [0, 0.1) is 12.7 Å². The molecule has 2 N–H and O–H groups in total. The summed E-state index contributed by atoms with van der Waals surface area (Å²) in [5.41, 5.74) is 0.245. The summed E-state index contributed by atoms with van der Waals surface area (Å²) in [6.07, 6.45) is 0. The van der Waals surface area contributed by atoms with Gasteiger partial charge in [0.05, 0.1) is 18.1 Å². The molecule has 0 saturated heterocycles. The molecule has 1 rings (SSSR count). The number of aliphatic hydroxyl groups is 1. The quantitative estimate of drug-likeness (QED) is 0.733. The van der Waals surface area contributed by atoms with E-state index in [-0.39, 0.29) is 29.2 Å². The molecule has 0 fully saturated rings. The molecule has 0 atom stereocenters. The maximum absolute atomic E-state index is 13.6. The van der Waals surface area contributed by atoms with Crippen molar-refractivity contribution < 1.29 is 22.7 Å². The average Bonchev–Trinajstić information content (AvgIpc) is 2.37. The van der Waals surface area contributed by atoms with Gasteiger partial charge in [-0.1, -0.05) is 0 Å². The van der Waals surface area contributed by atoms with Gasteiger partial charge < -0.3 is 9.84 Å². The Kier molecular flexibility index (Phi) is 5.86. The molecule has 0 saturated carbocycles. The molecule has 5 nitrogen and oxygen atoms in total. The molecular weight excluding hydrogens is 273 g/mol.